The van der Waals surface area contributed by atoms with Crippen LogP contribution in [0.5, 0.6) is 5.75 Å². The third-order valence-corrected chi connectivity index (χ3v) is 5.74. The van der Waals surface area contributed by atoms with Gasteiger partial charge in [0, 0.05) is 30.3 Å². The Balaban J connectivity index is 1.76. The zero-order chi connectivity index (χ0) is 20.2. The number of nitrogens with one attached hydrogen (secondary N) is 1. The predicted octanol–water partition coefficient (Wildman–Crippen LogP) is 4.65. The molecule has 3 aromatic rings. The van der Waals surface area contributed by atoms with E-state index in [1.807, 2.05) is 30.5 Å². The number of ether oxygens (including phenoxy) is 1. The SMILES string of the molecule is CCCCN1C(=S)NC(c2ccccn2)C1c1cccn1-c1ccc(OC)cc1. The van der Waals surface area contributed by atoms with Gasteiger partial charge in [-0.05, 0) is 67.2 Å². The summed E-state index contributed by atoms with van der Waals surface area (Å²) in [5.74, 6) is 0.849. The van der Waals surface area contributed by atoms with Crippen LogP contribution in [-0.2, 0) is 0 Å². The molecule has 0 bridgehead atoms. The summed E-state index contributed by atoms with van der Waals surface area (Å²) >= 11 is 5.74. The molecule has 4 rings (SSSR count). The molecule has 29 heavy (non-hydrogen) atoms. The van der Waals surface area contributed by atoms with E-state index in [0.29, 0.717) is 0 Å². The molecule has 0 aliphatic carbocycles. The average molecular weight is 407 g/mol. The summed E-state index contributed by atoms with van der Waals surface area (Å²) in [6.07, 6.45) is 6.16. The third kappa shape index (κ3) is 3.85. The third-order valence-electron chi connectivity index (χ3n) is 5.38. The van der Waals surface area contributed by atoms with E-state index in [1.54, 1.807) is 7.11 Å². The first kappa shape index (κ1) is 19.5. The van der Waals surface area contributed by atoms with Crippen molar-refractivity contribution in [3.63, 3.8) is 0 Å². The van der Waals surface area contributed by atoms with Gasteiger partial charge >= 0.3 is 0 Å². The highest BCUT2D eigenvalue weighted by atomic mass is 32.1. The van der Waals surface area contributed by atoms with E-state index in [1.165, 1.54) is 5.69 Å². The first-order chi connectivity index (χ1) is 14.2. The second-order valence-corrected chi connectivity index (χ2v) is 7.56. The molecule has 1 aliphatic heterocycles. The fourth-order valence-corrected chi connectivity index (χ4v) is 4.24. The van der Waals surface area contributed by atoms with Gasteiger partial charge in [0.25, 0.3) is 0 Å². The molecule has 0 radical (unpaired) electrons. The van der Waals surface area contributed by atoms with Gasteiger partial charge < -0.3 is 19.5 Å². The number of benzene rings is 1. The quantitative estimate of drug-likeness (QED) is 0.579. The molecule has 6 heteroatoms. The molecule has 150 valence electrons. The van der Waals surface area contributed by atoms with E-state index in [-0.39, 0.29) is 12.1 Å². The molecule has 1 aliphatic rings. The summed E-state index contributed by atoms with van der Waals surface area (Å²) in [4.78, 5) is 6.93. The van der Waals surface area contributed by atoms with Gasteiger partial charge in [0.2, 0.25) is 0 Å². The number of unbranched alkanes of at least 4 members (excludes halogenated alkanes) is 1. The van der Waals surface area contributed by atoms with Gasteiger partial charge in [0.1, 0.15) is 5.75 Å². The maximum absolute atomic E-state index is 5.74. The van der Waals surface area contributed by atoms with Gasteiger partial charge in [-0.15, -0.1) is 0 Å². The second kappa shape index (κ2) is 8.66. The Hall–Kier alpha value is -2.86. The smallest absolute Gasteiger partial charge is 0.170 e. The summed E-state index contributed by atoms with van der Waals surface area (Å²) in [6, 6.07) is 18.5. The van der Waals surface area contributed by atoms with Gasteiger partial charge in [-0.3, -0.25) is 4.98 Å². The van der Waals surface area contributed by atoms with Gasteiger partial charge in [-0.1, -0.05) is 19.4 Å². The lowest BCUT2D eigenvalue weighted by Crippen LogP contribution is -2.31. The number of rotatable bonds is 7. The molecular weight excluding hydrogens is 380 g/mol. The highest BCUT2D eigenvalue weighted by Crippen LogP contribution is 2.39. The molecule has 1 N–H and O–H groups in total. The molecule has 0 spiro atoms. The molecule has 0 saturated carbocycles. The normalized spacial score (nSPS) is 18.7. The Labute approximate surface area is 177 Å². The summed E-state index contributed by atoms with van der Waals surface area (Å²) in [6.45, 7) is 3.13. The number of pyridine rings is 1. The number of nitrogens with zero attached hydrogens (tertiary/aromatic N) is 3. The Kier molecular flexibility index (Phi) is 5.81. The topological polar surface area (TPSA) is 42.3 Å². The molecule has 3 heterocycles. The van der Waals surface area contributed by atoms with E-state index in [2.05, 4.69) is 63.2 Å². The minimum Gasteiger partial charge on any atom is -0.497 e. The largest absolute Gasteiger partial charge is 0.497 e. The minimum absolute atomic E-state index is 0.00690. The van der Waals surface area contributed by atoms with Gasteiger partial charge in [0.05, 0.1) is 24.9 Å². The molecule has 1 fully saturated rings. The molecule has 2 unspecified atom stereocenters. The van der Waals surface area contributed by atoms with Crippen LogP contribution in [0.15, 0.2) is 67.0 Å². The van der Waals surface area contributed by atoms with Crippen molar-refractivity contribution >= 4 is 17.3 Å². The summed E-state index contributed by atoms with van der Waals surface area (Å²) in [7, 11) is 1.68. The van der Waals surface area contributed by atoms with Gasteiger partial charge in [-0.25, -0.2) is 0 Å². The highest BCUT2D eigenvalue weighted by Gasteiger charge is 2.40. The highest BCUT2D eigenvalue weighted by molar-refractivity contribution is 7.80. The fraction of sp³-hybridized carbons (Fsp3) is 0.304. The van der Waals surface area contributed by atoms with Crippen molar-refractivity contribution in [2.45, 2.75) is 31.8 Å². The molecule has 5 nitrogen and oxygen atoms in total. The van der Waals surface area contributed by atoms with Crippen LogP contribution in [0.4, 0.5) is 0 Å². The van der Waals surface area contributed by atoms with Crippen molar-refractivity contribution < 1.29 is 4.74 Å². The Morgan fingerprint density at radius 1 is 1.10 bits per heavy atom. The number of thiocarbonyl (C=S) groups is 1. The van der Waals surface area contributed by atoms with Crippen LogP contribution in [-0.4, -0.2) is 33.2 Å². The lowest BCUT2D eigenvalue weighted by atomic mass is 10.0. The lowest BCUT2D eigenvalue weighted by molar-refractivity contribution is 0.304. The van der Waals surface area contributed by atoms with Crippen molar-refractivity contribution in [2.75, 3.05) is 13.7 Å². The van der Waals surface area contributed by atoms with Crippen LogP contribution in [0.1, 0.15) is 43.2 Å². The number of methoxy groups -OCH3 is 1. The average Bonchev–Trinajstić information content (AvgIpc) is 3.37. The Morgan fingerprint density at radius 2 is 1.93 bits per heavy atom. The number of hydrogen-bond acceptors (Lipinski definition) is 3. The van der Waals surface area contributed by atoms with E-state index in [4.69, 9.17) is 17.0 Å². The van der Waals surface area contributed by atoms with E-state index < -0.39 is 0 Å². The lowest BCUT2D eigenvalue weighted by Gasteiger charge is -2.29. The van der Waals surface area contributed by atoms with Crippen molar-refractivity contribution in [1.82, 2.24) is 19.8 Å². The van der Waals surface area contributed by atoms with Crippen LogP contribution >= 0.6 is 12.2 Å². The molecule has 2 atom stereocenters. The molecule has 1 saturated heterocycles. The second-order valence-electron chi connectivity index (χ2n) is 7.17. The van der Waals surface area contributed by atoms with Crippen LogP contribution < -0.4 is 10.1 Å². The fourth-order valence-electron chi connectivity index (χ4n) is 3.91. The first-order valence-corrected chi connectivity index (χ1v) is 10.4. The molecule has 1 aromatic carbocycles. The van der Waals surface area contributed by atoms with E-state index in [0.717, 1.165) is 41.6 Å². The summed E-state index contributed by atoms with van der Waals surface area (Å²) in [5.41, 5.74) is 3.29. The zero-order valence-electron chi connectivity index (χ0n) is 16.8. The van der Waals surface area contributed by atoms with Crippen LogP contribution in [0, 0.1) is 0 Å². The Morgan fingerprint density at radius 3 is 2.62 bits per heavy atom. The van der Waals surface area contributed by atoms with Crippen molar-refractivity contribution in [3.05, 3.63) is 78.4 Å². The zero-order valence-corrected chi connectivity index (χ0v) is 17.6. The number of aromatic nitrogens is 2. The maximum atomic E-state index is 5.74. The van der Waals surface area contributed by atoms with Crippen molar-refractivity contribution in [2.24, 2.45) is 0 Å². The Bertz CT molecular complexity index is 955. The van der Waals surface area contributed by atoms with Crippen molar-refractivity contribution in [1.29, 1.82) is 0 Å². The van der Waals surface area contributed by atoms with Crippen molar-refractivity contribution in [3.8, 4) is 11.4 Å². The molecule has 2 aromatic heterocycles. The standard InChI is InChI=1S/C23H26N4OS/c1-3-4-15-27-22(21(25-23(27)29)19-8-5-6-14-24-19)20-9-7-16-26(20)17-10-12-18(28-2)13-11-17/h5-14,16,21-22H,3-4,15H2,1-2H3,(H,25,29). The molecular formula is C23H26N4OS. The predicted molar refractivity (Wildman–Crippen MR) is 119 cm³/mol. The number of hydrogen-bond donors (Lipinski definition) is 1. The van der Waals surface area contributed by atoms with E-state index in [9.17, 15) is 0 Å². The summed E-state index contributed by atoms with van der Waals surface area (Å²) in [5, 5.41) is 4.32. The van der Waals surface area contributed by atoms with Crippen LogP contribution in [0.25, 0.3) is 5.69 Å². The first-order valence-electron chi connectivity index (χ1n) is 10.0. The van der Waals surface area contributed by atoms with Gasteiger partial charge in [-0.2, -0.15) is 0 Å². The maximum Gasteiger partial charge on any atom is 0.170 e. The van der Waals surface area contributed by atoms with Gasteiger partial charge in [0.15, 0.2) is 5.11 Å². The van der Waals surface area contributed by atoms with Crippen LogP contribution in [0.3, 0.4) is 0 Å². The van der Waals surface area contributed by atoms with E-state index >= 15 is 0 Å². The summed E-state index contributed by atoms with van der Waals surface area (Å²) < 4.78 is 7.54. The monoisotopic (exact) mass is 406 g/mol. The molecule has 0 amide bonds. The van der Waals surface area contributed by atoms with Crippen LogP contribution in [0.2, 0.25) is 0 Å². The minimum atomic E-state index is 0.00690.